The Morgan fingerprint density at radius 1 is 1.70 bits per heavy atom. The molecule has 0 aliphatic rings. The topological polar surface area (TPSA) is 58.3 Å². The maximum atomic E-state index is 8.91. The molecule has 4 nitrogen and oxygen atoms in total. The van der Waals surface area contributed by atoms with E-state index >= 15 is 0 Å². The zero-order valence-electron chi connectivity index (χ0n) is 5.44. The third kappa shape index (κ3) is 1.82. The maximum absolute atomic E-state index is 8.91. The summed E-state index contributed by atoms with van der Waals surface area (Å²) in [6.45, 7) is 0.0832. The summed E-state index contributed by atoms with van der Waals surface area (Å²) in [5.41, 5.74) is 0. The summed E-state index contributed by atoms with van der Waals surface area (Å²) < 4.78 is 1.51. The summed E-state index contributed by atoms with van der Waals surface area (Å²) in [5, 5.41) is 21.1. The molecule has 10 heavy (non-hydrogen) atoms. The van der Waals surface area contributed by atoms with E-state index in [1.54, 1.807) is 12.3 Å². The van der Waals surface area contributed by atoms with Crippen LogP contribution in [-0.4, -0.2) is 32.7 Å². The second-order valence-electron chi connectivity index (χ2n) is 2.00. The van der Waals surface area contributed by atoms with Crippen LogP contribution >= 0.6 is 0 Å². The van der Waals surface area contributed by atoms with Crippen LogP contribution in [0.2, 0.25) is 0 Å². The Morgan fingerprint density at radius 3 is 3.00 bits per heavy atom. The van der Waals surface area contributed by atoms with E-state index in [0.29, 0.717) is 6.54 Å². The van der Waals surface area contributed by atoms with Crippen molar-refractivity contribution in [3.05, 3.63) is 18.5 Å². The Balaban J connectivity index is 2.40. The van der Waals surface area contributed by atoms with Gasteiger partial charge in [-0.3, -0.25) is 4.68 Å². The number of hydrogen-bond donors (Lipinski definition) is 2. The van der Waals surface area contributed by atoms with Gasteiger partial charge < -0.3 is 10.2 Å². The highest BCUT2D eigenvalue weighted by atomic mass is 16.3. The molecule has 0 aromatic carbocycles. The van der Waals surface area contributed by atoms with E-state index < -0.39 is 6.10 Å². The minimum Gasteiger partial charge on any atom is -0.394 e. The number of hydrogen-bond acceptors (Lipinski definition) is 3. The first-order valence-electron chi connectivity index (χ1n) is 3.01. The van der Waals surface area contributed by atoms with Crippen LogP contribution in [0.4, 0.5) is 0 Å². The van der Waals surface area contributed by atoms with E-state index in [-0.39, 0.29) is 6.61 Å². The fraction of sp³-hybridized carbons (Fsp3) is 0.500. The SMILES string of the molecule is OC[C@H](O)Cn1cc[c]n1. The fourth-order valence-electron chi connectivity index (χ4n) is 0.636. The van der Waals surface area contributed by atoms with E-state index in [1.807, 2.05) is 0 Å². The highest BCUT2D eigenvalue weighted by molar-refractivity contribution is 4.76. The first-order valence-corrected chi connectivity index (χ1v) is 3.01. The highest BCUT2D eigenvalue weighted by Crippen LogP contribution is 1.88. The molecule has 1 radical (unpaired) electrons. The number of nitrogens with zero attached hydrogens (tertiary/aromatic N) is 2. The van der Waals surface area contributed by atoms with Gasteiger partial charge in [-0.15, -0.1) is 0 Å². The van der Waals surface area contributed by atoms with Crippen molar-refractivity contribution in [3.63, 3.8) is 0 Å². The predicted molar refractivity (Wildman–Crippen MR) is 34.2 cm³/mol. The van der Waals surface area contributed by atoms with Crippen molar-refractivity contribution in [1.82, 2.24) is 9.78 Å². The van der Waals surface area contributed by atoms with Crippen LogP contribution in [0.15, 0.2) is 12.3 Å². The van der Waals surface area contributed by atoms with Gasteiger partial charge in [0.1, 0.15) is 6.20 Å². The summed E-state index contributed by atoms with van der Waals surface area (Å²) in [6.07, 6.45) is 3.53. The molecule has 0 amide bonds. The van der Waals surface area contributed by atoms with Crippen LogP contribution in [0.25, 0.3) is 0 Å². The van der Waals surface area contributed by atoms with Gasteiger partial charge in [0.05, 0.1) is 19.3 Å². The molecule has 1 aromatic rings. The van der Waals surface area contributed by atoms with Crippen molar-refractivity contribution < 1.29 is 10.2 Å². The lowest BCUT2D eigenvalue weighted by Gasteiger charge is -2.05. The van der Waals surface area contributed by atoms with E-state index in [9.17, 15) is 0 Å². The van der Waals surface area contributed by atoms with E-state index in [4.69, 9.17) is 10.2 Å². The molecule has 1 atom stereocenters. The summed E-state index contributed by atoms with van der Waals surface area (Å²) >= 11 is 0. The van der Waals surface area contributed by atoms with Gasteiger partial charge in [-0.05, 0) is 6.07 Å². The summed E-state index contributed by atoms with van der Waals surface area (Å²) in [4.78, 5) is 0. The minimum atomic E-state index is -0.728. The van der Waals surface area contributed by atoms with Gasteiger partial charge in [0, 0.05) is 6.20 Å². The molecule has 0 fully saturated rings. The molecule has 4 heteroatoms. The molecular formula is C6H9N2O2. The predicted octanol–water partition coefficient (Wildman–Crippen LogP) is -0.964. The monoisotopic (exact) mass is 141 g/mol. The van der Waals surface area contributed by atoms with Crippen LogP contribution in [0.3, 0.4) is 0 Å². The number of aliphatic hydroxyl groups excluding tert-OH is 2. The first kappa shape index (κ1) is 7.24. The highest BCUT2D eigenvalue weighted by Gasteiger charge is 2.01. The van der Waals surface area contributed by atoms with Crippen LogP contribution < -0.4 is 0 Å². The normalized spacial score (nSPS) is 13.4. The Hall–Kier alpha value is -0.870. The third-order valence-electron chi connectivity index (χ3n) is 1.12. The minimum absolute atomic E-state index is 0.236. The average Bonchev–Trinajstić information content (AvgIpc) is 2.40. The van der Waals surface area contributed by atoms with Crippen LogP contribution in [-0.2, 0) is 6.54 Å². The van der Waals surface area contributed by atoms with Crippen molar-refractivity contribution in [3.8, 4) is 0 Å². The molecule has 0 saturated heterocycles. The largest absolute Gasteiger partial charge is 0.394 e. The lowest BCUT2D eigenvalue weighted by atomic mass is 10.4. The summed E-state index contributed by atoms with van der Waals surface area (Å²) in [5.74, 6) is 0. The van der Waals surface area contributed by atoms with Gasteiger partial charge in [-0.2, -0.15) is 5.10 Å². The number of aliphatic hydroxyl groups is 2. The molecule has 1 heterocycles. The van der Waals surface area contributed by atoms with Crippen molar-refractivity contribution in [2.75, 3.05) is 6.61 Å². The first-order chi connectivity index (χ1) is 4.83. The van der Waals surface area contributed by atoms with Crippen LogP contribution in [0, 0.1) is 6.20 Å². The molecule has 0 saturated carbocycles. The molecule has 0 spiro atoms. The van der Waals surface area contributed by atoms with Crippen molar-refractivity contribution in [2.24, 2.45) is 0 Å². The quantitative estimate of drug-likeness (QED) is 0.569. The van der Waals surface area contributed by atoms with Gasteiger partial charge >= 0.3 is 0 Å². The smallest absolute Gasteiger partial charge is 0.113 e. The van der Waals surface area contributed by atoms with E-state index in [2.05, 4.69) is 11.3 Å². The van der Waals surface area contributed by atoms with Gasteiger partial charge in [0.2, 0.25) is 0 Å². The van der Waals surface area contributed by atoms with Gasteiger partial charge in [-0.25, -0.2) is 0 Å². The van der Waals surface area contributed by atoms with Crippen LogP contribution in [0.1, 0.15) is 0 Å². The summed E-state index contributed by atoms with van der Waals surface area (Å²) in [6, 6.07) is 1.64. The average molecular weight is 141 g/mol. The molecule has 0 aliphatic carbocycles. The second kappa shape index (κ2) is 3.34. The van der Waals surface area contributed by atoms with Gasteiger partial charge in [0.15, 0.2) is 0 Å². The zero-order chi connectivity index (χ0) is 7.40. The molecular weight excluding hydrogens is 132 g/mol. The van der Waals surface area contributed by atoms with Crippen molar-refractivity contribution in [1.29, 1.82) is 0 Å². The van der Waals surface area contributed by atoms with Gasteiger partial charge in [-0.1, -0.05) is 0 Å². The second-order valence-corrected chi connectivity index (χ2v) is 2.00. The number of rotatable bonds is 3. The Bertz CT molecular complexity index is 174. The molecule has 1 rings (SSSR count). The molecule has 0 aliphatic heterocycles. The Morgan fingerprint density at radius 2 is 2.50 bits per heavy atom. The van der Waals surface area contributed by atoms with Gasteiger partial charge in [0.25, 0.3) is 0 Å². The number of aromatic nitrogens is 2. The lowest BCUT2D eigenvalue weighted by Crippen LogP contribution is -2.19. The zero-order valence-corrected chi connectivity index (χ0v) is 5.44. The van der Waals surface area contributed by atoms with E-state index in [0.717, 1.165) is 0 Å². The Labute approximate surface area is 58.7 Å². The van der Waals surface area contributed by atoms with E-state index in [1.165, 1.54) is 4.68 Å². The summed E-state index contributed by atoms with van der Waals surface area (Å²) in [7, 11) is 0. The molecule has 0 bridgehead atoms. The fourth-order valence-corrected chi connectivity index (χ4v) is 0.636. The van der Waals surface area contributed by atoms with Crippen molar-refractivity contribution >= 4 is 0 Å². The Kier molecular flexibility index (Phi) is 2.42. The lowest BCUT2D eigenvalue weighted by molar-refractivity contribution is 0.0782. The third-order valence-corrected chi connectivity index (χ3v) is 1.12. The van der Waals surface area contributed by atoms with Crippen molar-refractivity contribution in [2.45, 2.75) is 12.6 Å². The molecule has 1 aromatic heterocycles. The molecule has 0 unspecified atom stereocenters. The molecule has 55 valence electrons. The maximum Gasteiger partial charge on any atom is 0.113 e. The standard InChI is InChI=1S/C6H9N2O2/c9-5-6(10)4-8-3-1-2-7-8/h1,3,6,9-10H,4-5H2/t6-/m1/s1. The van der Waals surface area contributed by atoms with Crippen LogP contribution in [0.5, 0.6) is 0 Å². The molecule has 2 N–H and O–H groups in total.